The number of benzene rings is 4. The summed E-state index contributed by atoms with van der Waals surface area (Å²) in [6, 6.07) is 25.2. The lowest BCUT2D eigenvalue weighted by atomic mass is 9.96. The van der Waals surface area contributed by atoms with Crippen molar-refractivity contribution in [3.8, 4) is 11.1 Å². The summed E-state index contributed by atoms with van der Waals surface area (Å²) < 4.78 is 0.504. The van der Waals surface area contributed by atoms with Crippen LogP contribution in [-0.2, 0) is 0 Å². The van der Waals surface area contributed by atoms with Gasteiger partial charge in [-0.1, -0.05) is 42.5 Å². The molecule has 0 aliphatic heterocycles. The van der Waals surface area contributed by atoms with Gasteiger partial charge in [-0.3, -0.25) is 29.8 Å². The Balaban J connectivity index is 0.000000177. The number of non-ortho nitro benzene ring substituents is 2. The van der Waals surface area contributed by atoms with Crippen LogP contribution < -0.4 is 11.1 Å². The number of nitro benzene ring substituents is 2. The molecule has 0 aliphatic carbocycles. The van der Waals surface area contributed by atoms with Crippen molar-refractivity contribution in [3.63, 3.8) is 0 Å². The van der Waals surface area contributed by atoms with Crippen LogP contribution in [0.15, 0.2) is 105 Å². The molecule has 6 rings (SSSR count). The molecule has 0 spiro atoms. The number of pyridine rings is 2. The van der Waals surface area contributed by atoms with Crippen molar-refractivity contribution in [1.29, 1.82) is 0 Å². The van der Waals surface area contributed by atoms with E-state index in [0.29, 0.717) is 31.8 Å². The van der Waals surface area contributed by atoms with Gasteiger partial charge in [-0.25, -0.2) is 0 Å². The van der Waals surface area contributed by atoms with Crippen molar-refractivity contribution < 1.29 is 9.85 Å². The topological polar surface area (TPSA) is 152 Å². The first-order chi connectivity index (χ1) is 18.7. The maximum atomic E-state index is 11.8. The lowest BCUT2D eigenvalue weighted by Gasteiger charge is -2.10. The molecule has 192 valence electrons. The predicted octanol–water partition coefficient (Wildman–Crippen LogP) is 6.46. The molecule has 4 aromatic carbocycles. The number of nitro groups is 2. The van der Waals surface area contributed by atoms with Crippen LogP contribution >= 0.6 is 15.9 Å². The summed E-state index contributed by atoms with van der Waals surface area (Å²) >= 11 is 3.18. The van der Waals surface area contributed by atoms with Crippen molar-refractivity contribution in [1.82, 2.24) is 9.97 Å². The van der Waals surface area contributed by atoms with E-state index < -0.39 is 9.85 Å². The fourth-order valence-electron chi connectivity index (χ4n) is 4.34. The average Bonchev–Trinajstić information content (AvgIpc) is 2.92. The Kier molecular flexibility index (Phi) is 6.73. The number of hydrogen-bond donors (Lipinski definition) is 2. The minimum Gasteiger partial charge on any atom is -0.321 e. The summed E-state index contributed by atoms with van der Waals surface area (Å²) in [4.78, 5) is 49.2. The zero-order chi connectivity index (χ0) is 27.7. The largest absolute Gasteiger partial charge is 0.321 e. The molecule has 0 saturated carbocycles. The Hall–Kier alpha value is -5.16. The minimum absolute atomic E-state index is 0.00233. The molecule has 2 N–H and O–H groups in total. The number of aromatic amines is 2. The number of halogens is 1. The molecule has 0 bridgehead atoms. The molecular formula is C28H17BrN4O6. The van der Waals surface area contributed by atoms with E-state index in [2.05, 4.69) is 25.9 Å². The van der Waals surface area contributed by atoms with E-state index >= 15 is 0 Å². The van der Waals surface area contributed by atoms with Gasteiger partial charge in [0.15, 0.2) is 0 Å². The first-order valence-electron chi connectivity index (χ1n) is 11.5. The van der Waals surface area contributed by atoms with Gasteiger partial charge in [0, 0.05) is 57.2 Å². The first kappa shape index (κ1) is 25.5. The molecule has 0 amide bonds. The van der Waals surface area contributed by atoms with Crippen LogP contribution in [0.5, 0.6) is 0 Å². The van der Waals surface area contributed by atoms with Crippen molar-refractivity contribution in [2.45, 2.75) is 0 Å². The molecule has 0 fully saturated rings. The third kappa shape index (κ3) is 5.15. The van der Waals surface area contributed by atoms with E-state index in [1.165, 1.54) is 36.4 Å². The quantitative estimate of drug-likeness (QED) is 0.180. The van der Waals surface area contributed by atoms with E-state index in [9.17, 15) is 29.8 Å². The Morgan fingerprint density at radius 1 is 0.590 bits per heavy atom. The van der Waals surface area contributed by atoms with E-state index in [4.69, 9.17) is 0 Å². The zero-order valence-corrected chi connectivity index (χ0v) is 21.5. The van der Waals surface area contributed by atoms with Crippen LogP contribution in [-0.4, -0.2) is 19.8 Å². The average molecular weight is 585 g/mol. The number of hydrogen-bond acceptors (Lipinski definition) is 6. The Morgan fingerprint density at radius 2 is 1.15 bits per heavy atom. The van der Waals surface area contributed by atoms with Gasteiger partial charge in [-0.05, 0) is 44.4 Å². The highest BCUT2D eigenvalue weighted by Crippen LogP contribution is 2.35. The third-order valence-electron chi connectivity index (χ3n) is 6.09. The molecule has 0 unspecified atom stereocenters. The highest BCUT2D eigenvalue weighted by molar-refractivity contribution is 9.10. The highest BCUT2D eigenvalue weighted by atomic mass is 79.9. The van der Waals surface area contributed by atoms with Crippen LogP contribution in [0.2, 0.25) is 0 Å². The summed E-state index contributed by atoms with van der Waals surface area (Å²) in [5.41, 5.74) is 2.17. The Labute approximate surface area is 227 Å². The van der Waals surface area contributed by atoms with Crippen LogP contribution in [0.3, 0.4) is 0 Å². The maximum Gasteiger partial charge on any atom is 0.271 e. The van der Waals surface area contributed by atoms with Crippen LogP contribution in [0.4, 0.5) is 11.4 Å². The number of fused-ring (bicyclic) bond motifs is 3. The standard InChI is InChI=1S/C19H12N2O3.C9H5BrN2O3/c22-18-9-8-13-10-14(21(23)24)11-17(19(13)20-18)16-7-3-5-12-4-1-2-6-15(12)16;10-7-4-6(12(14)15)3-5-1-2-8(13)11-9(5)7/h1-11H,(H,20,22);1-4H,(H,11,13). The number of aromatic nitrogens is 2. The maximum absolute atomic E-state index is 11.8. The molecule has 39 heavy (non-hydrogen) atoms. The predicted molar refractivity (Wildman–Crippen MR) is 153 cm³/mol. The van der Waals surface area contributed by atoms with Crippen LogP contribution in [0.1, 0.15) is 0 Å². The molecule has 0 radical (unpaired) electrons. The van der Waals surface area contributed by atoms with Crippen molar-refractivity contribution >= 4 is 59.9 Å². The summed E-state index contributed by atoms with van der Waals surface area (Å²) in [6.45, 7) is 0. The fourth-order valence-corrected chi connectivity index (χ4v) is 4.90. The van der Waals surface area contributed by atoms with E-state index in [-0.39, 0.29) is 22.5 Å². The van der Waals surface area contributed by atoms with Gasteiger partial charge >= 0.3 is 0 Å². The molecule has 2 heterocycles. The van der Waals surface area contributed by atoms with Crippen LogP contribution in [0.25, 0.3) is 43.7 Å². The summed E-state index contributed by atoms with van der Waals surface area (Å²) in [7, 11) is 0. The number of H-pyrrole nitrogens is 2. The molecule has 11 heteroatoms. The lowest BCUT2D eigenvalue weighted by Crippen LogP contribution is -2.04. The minimum atomic E-state index is -0.477. The lowest BCUT2D eigenvalue weighted by molar-refractivity contribution is -0.384. The zero-order valence-electron chi connectivity index (χ0n) is 19.9. The summed E-state index contributed by atoms with van der Waals surface area (Å²) in [6.07, 6.45) is 0. The molecule has 0 atom stereocenters. The van der Waals surface area contributed by atoms with Gasteiger partial charge in [-0.2, -0.15) is 0 Å². The third-order valence-corrected chi connectivity index (χ3v) is 6.71. The molecule has 6 aromatic rings. The fraction of sp³-hybridized carbons (Fsp3) is 0. The Bertz CT molecular complexity index is 2050. The van der Waals surface area contributed by atoms with Crippen molar-refractivity contribution in [2.24, 2.45) is 0 Å². The molecule has 2 aromatic heterocycles. The molecule has 0 saturated heterocycles. The van der Waals surface area contributed by atoms with Gasteiger partial charge in [0.2, 0.25) is 11.1 Å². The SMILES string of the molecule is O=c1ccc2cc([N+](=O)[O-])cc(-c3cccc4ccccc34)c2[nH]1.O=c1ccc2cc([N+](=O)[O-])cc(Br)c2[nH]1. The molecule has 0 aliphatic rings. The molecule has 10 nitrogen and oxygen atoms in total. The number of nitrogens with one attached hydrogen (secondary N) is 2. The monoisotopic (exact) mass is 584 g/mol. The van der Waals surface area contributed by atoms with E-state index in [1.807, 2.05) is 42.5 Å². The summed E-state index contributed by atoms with van der Waals surface area (Å²) in [5, 5.41) is 25.1. The van der Waals surface area contributed by atoms with Crippen molar-refractivity contribution in [3.05, 3.63) is 136 Å². The van der Waals surface area contributed by atoms with Gasteiger partial charge < -0.3 is 9.97 Å². The van der Waals surface area contributed by atoms with Gasteiger partial charge in [0.1, 0.15) is 0 Å². The second-order valence-corrected chi connectivity index (χ2v) is 9.39. The second kappa shape index (κ2) is 10.3. The van der Waals surface area contributed by atoms with Gasteiger partial charge in [0.05, 0.1) is 20.9 Å². The highest BCUT2D eigenvalue weighted by Gasteiger charge is 2.15. The van der Waals surface area contributed by atoms with Gasteiger partial charge in [0.25, 0.3) is 11.4 Å². The van der Waals surface area contributed by atoms with E-state index in [0.717, 1.165) is 16.3 Å². The number of rotatable bonds is 3. The smallest absolute Gasteiger partial charge is 0.271 e. The Morgan fingerprint density at radius 3 is 1.82 bits per heavy atom. The number of nitrogens with zero attached hydrogens (tertiary/aromatic N) is 2. The first-order valence-corrected chi connectivity index (χ1v) is 12.3. The molecular weight excluding hydrogens is 568 g/mol. The van der Waals surface area contributed by atoms with E-state index in [1.54, 1.807) is 12.1 Å². The summed E-state index contributed by atoms with van der Waals surface area (Å²) in [5.74, 6) is 0. The van der Waals surface area contributed by atoms with Crippen molar-refractivity contribution in [2.75, 3.05) is 0 Å². The van der Waals surface area contributed by atoms with Gasteiger partial charge in [-0.15, -0.1) is 0 Å². The second-order valence-electron chi connectivity index (χ2n) is 8.54. The normalized spacial score (nSPS) is 10.8. The van der Waals surface area contributed by atoms with Crippen LogP contribution in [0, 0.1) is 20.2 Å².